The van der Waals surface area contributed by atoms with Crippen molar-refractivity contribution >= 4 is 27.3 Å². The Labute approximate surface area is 198 Å². The van der Waals surface area contributed by atoms with E-state index in [0.29, 0.717) is 32.7 Å². The number of benzene rings is 2. The topological polar surface area (TPSA) is 85.8 Å². The van der Waals surface area contributed by atoms with E-state index in [1.54, 1.807) is 24.3 Å². The summed E-state index contributed by atoms with van der Waals surface area (Å²) in [6.45, 7) is 3.72. The van der Waals surface area contributed by atoms with Gasteiger partial charge in [-0.25, -0.2) is 13.4 Å². The van der Waals surface area contributed by atoms with Gasteiger partial charge in [0.1, 0.15) is 11.6 Å². The first kappa shape index (κ1) is 23.6. The van der Waals surface area contributed by atoms with E-state index >= 15 is 0 Å². The molecule has 1 aliphatic heterocycles. The van der Waals surface area contributed by atoms with Gasteiger partial charge in [-0.05, 0) is 31.0 Å². The number of aryl methyl sites for hydroxylation is 2. The van der Waals surface area contributed by atoms with Crippen molar-refractivity contribution in [3.05, 3.63) is 70.7 Å². The first-order valence-corrected chi connectivity index (χ1v) is 13.1. The SMILES string of the molecule is Cc1ccc(-c2nc(COC(=O)CCc3ccc(S(=O)(=O)N4CCOCC4)cc3)cs2)cc1. The molecule has 0 unspecified atom stereocenters. The van der Waals surface area contributed by atoms with Gasteiger partial charge in [0.05, 0.1) is 23.8 Å². The summed E-state index contributed by atoms with van der Waals surface area (Å²) in [6, 6.07) is 14.8. The Hall–Kier alpha value is -2.59. The molecule has 0 amide bonds. The lowest BCUT2D eigenvalue weighted by Gasteiger charge is -2.26. The second-order valence-electron chi connectivity index (χ2n) is 7.83. The number of sulfonamides is 1. The Kier molecular flexibility index (Phi) is 7.54. The van der Waals surface area contributed by atoms with E-state index in [1.165, 1.54) is 21.2 Å². The Morgan fingerprint density at radius 2 is 1.79 bits per heavy atom. The van der Waals surface area contributed by atoms with Gasteiger partial charge in [-0.15, -0.1) is 11.3 Å². The molecule has 9 heteroatoms. The molecule has 0 atom stereocenters. The van der Waals surface area contributed by atoms with Crippen LogP contribution >= 0.6 is 11.3 Å². The molecule has 4 rings (SSSR count). The lowest BCUT2D eigenvalue weighted by molar-refractivity contribution is -0.145. The molecule has 3 aromatic rings. The normalized spacial score (nSPS) is 14.8. The Balaban J connectivity index is 1.26. The van der Waals surface area contributed by atoms with Crippen molar-refractivity contribution in [1.29, 1.82) is 0 Å². The summed E-state index contributed by atoms with van der Waals surface area (Å²) in [4.78, 5) is 17.0. The number of ether oxygens (including phenoxy) is 2. The number of hydrogen-bond donors (Lipinski definition) is 0. The number of carbonyl (C=O) groups is 1. The fourth-order valence-electron chi connectivity index (χ4n) is 3.44. The smallest absolute Gasteiger partial charge is 0.306 e. The van der Waals surface area contributed by atoms with Crippen molar-refractivity contribution in [2.75, 3.05) is 26.3 Å². The number of carbonyl (C=O) groups excluding carboxylic acids is 1. The number of nitrogens with zero attached hydrogens (tertiary/aromatic N) is 2. The van der Waals surface area contributed by atoms with Crippen LogP contribution in [0, 0.1) is 6.92 Å². The Bertz CT molecular complexity index is 1180. The van der Waals surface area contributed by atoms with Crippen LogP contribution in [0.25, 0.3) is 10.6 Å². The molecule has 1 aromatic heterocycles. The molecule has 1 aliphatic rings. The van der Waals surface area contributed by atoms with E-state index in [9.17, 15) is 13.2 Å². The standard InChI is InChI=1S/C24H26N2O5S2/c1-18-2-7-20(8-3-18)24-25-21(17-32-24)16-31-23(27)11-6-19-4-9-22(10-5-19)33(28,29)26-12-14-30-15-13-26/h2-5,7-10,17H,6,11-16H2,1H3. The quantitative estimate of drug-likeness (QED) is 0.450. The van der Waals surface area contributed by atoms with Crippen LogP contribution in [0.1, 0.15) is 23.2 Å². The van der Waals surface area contributed by atoms with Gasteiger partial charge in [0, 0.05) is 30.5 Å². The highest BCUT2D eigenvalue weighted by molar-refractivity contribution is 7.89. The van der Waals surface area contributed by atoms with Crippen LogP contribution in [0.3, 0.4) is 0 Å². The van der Waals surface area contributed by atoms with Crippen LogP contribution in [0.15, 0.2) is 58.8 Å². The fraction of sp³-hybridized carbons (Fsp3) is 0.333. The van der Waals surface area contributed by atoms with Gasteiger partial charge in [-0.1, -0.05) is 42.0 Å². The summed E-state index contributed by atoms with van der Waals surface area (Å²) in [5.41, 5.74) is 3.84. The molecule has 0 N–H and O–H groups in total. The molecule has 174 valence electrons. The molecule has 1 saturated heterocycles. The van der Waals surface area contributed by atoms with Crippen molar-refractivity contribution in [3.63, 3.8) is 0 Å². The number of aromatic nitrogens is 1. The molecule has 1 fully saturated rings. The van der Waals surface area contributed by atoms with E-state index in [0.717, 1.165) is 21.8 Å². The zero-order valence-electron chi connectivity index (χ0n) is 18.4. The zero-order chi connectivity index (χ0) is 23.3. The minimum absolute atomic E-state index is 0.137. The van der Waals surface area contributed by atoms with Gasteiger partial charge in [-0.2, -0.15) is 4.31 Å². The second-order valence-corrected chi connectivity index (χ2v) is 10.6. The van der Waals surface area contributed by atoms with E-state index in [2.05, 4.69) is 4.98 Å². The predicted octanol–water partition coefficient (Wildman–Crippen LogP) is 3.82. The summed E-state index contributed by atoms with van der Waals surface area (Å²) in [5, 5.41) is 2.80. The second kappa shape index (κ2) is 10.6. The van der Waals surface area contributed by atoms with Crippen molar-refractivity contribution in [3.8, 4) is 10.6 Å². The predicted molar refractivity (Wildman–Crippen MR) is 126 cm³/mol. The van der Waals surface area contributed by atoms with E-state index in [1.807, 2.05) is 36.6 Å². The molecular weight excluding hydrogens is 460 g/mol. The summed E-state index contributed by atoms with van der Waals surface area (Å²) in [7, 11) is -3.51. The van der Waals surface area contributed by atoms with Crippen LogP contribution in [-0.4, -0.2) is 50.0 Å². The van der Waals surface area contributed by atoms with Crippen molar-refractivity contribution in [1.82, 2.24) is 9.29 Å². The molecule has 0 saturated carbocycles. The lowest BCUT2D eigenvalue weighted by Crippen LogP contribution is -2.40. The van der Waals surface area contributed by atoms with Crippen LogP contribution in [0.5, 0.6) is 0 Å². The van der Waals surface area contributed by atoms with Crippen LogP contribution in [-0.2, 0) is 37.3 Å². The molecular formula is C24H26N2O5S2. The molecule has 0 bridgehead atoms. The largest absolute Gasteiger partial charge is 0.459 e. The first-order valence-electron chi connectivity index (χ1n) is 10.8. The number of hydrogen-bond acceptors (Lipinski definition) is 7. The molecule has 7 nitrogen and oxygen atoms in total. The number of morpholine rings is 1. The first-order chi connectivity index (χ1) is 15.9. The fourth-order valence-corrected chi connectivity index (χ4v) is 5.66. The van der Waals surface area contributed by atoms with Gasteiger partial charge in [0.2, 0.25) is 10.0 Å². The van der Waals surface area contributed by atoms with Crippen LogP contribution < -0.4 is 0 Å². The third-order valence-corrected chi connectivity index (χ3v) is 8.23. The average molecular weight is 487 g/mol. The maximum Gasteiger partial charge on any atom is 0.306 e. The molecule has 0 radical (unpaired) electrons. The van der Waals surface area contributed by atoms with Crippen molar-refractivity contribution in [2.45, 2.75) is 31.3 Å². The van der Waals surface area contributed by atoms with E-state index < -0.39 is 10.0 Å². The summed E-state index contributed by atoms with van der Waals surface area (Å²) in [6.07, 6.45) is 0.687. The molecule has 2 heterocycles. The van der Waals surface area contributed by atoms with Crippen LogP contribution in [0.4, 0.5) is 0 Å². The summed E-state index contributed by atoms with van der Waals surface area (Å²) < 4.78 is 37.4. The molecule has 2 aromatic carbocycles. The average Bonchev–Trinajstić information content (AvgIpc) is 3.32. The van der Waals surface area contributed by atoms with Crippen molar-refractivity contribution in [2.24, 2.45) is 0 Å². The van der Waals surface area contributed by atoms with E-state index in [4.69, 9.17) is 9.47 Å². The summed E-state index contributed by atoms with van der Waals surface area (Å²) >= 11 is 1.52. The molecule has 0 spiro atoms. The summed E-state index contributed by atoms with van der Waals surface area (Å²) in [5.74, 6) is -0.315. The van der Waals surface area contributed by atoms with Gasteiger partial charge < -0.3 is 9.47 Å². The maximum atomic E-state index is 12.7. The number of rotatable bonds is 8. The van der Waals surface area contributed by atoms with Crippen LogP contribution in [0.2, 0.25) is 0 Å². The molecule has 33 heavy (non-hydrogen) atoms. The number of esters is 1. The van der Waals surface area contributed by atoms with Crippen molar-refractivity contribution < 1.29 is 22.7 Å². The Morgan fingerprint density at radius 3 is 2.48 bits per heavy atom. The van der Waals surface area contributed by atoms with E-state index in [-0.39, 0.29) is 23.9 Å². The highest BCUT2D eigenvalue weighted by Gasteiger charge is 2.26. The highest BCUT2D eigenvalue weighted by Crippen LogP contribution is 2.24. The number of thiazole rings is 1. The lowest BCUT2D eigenvalue weighted by atomic mass is 10.1. The zero-order valence-corrected chi connectivity index (χ0v) is 20.0. The maximum absolute atomic E-state index is 12.7. The van der Waals surface area contributed by atoms with Gasteiger partial charge >= 0.3 is 5.97 Å². The third-order valence-electron chi connectivity index (χ3n) is 5.38. The molecule has 0 aliphatic carbocycles. The van der Waals surface area contributed by atoms with Gasteiger partial charge in [0.25, 0.3) is 0 Å². The highest BCUT2D eigenvalue weighted by atomic mass is 32.2. The Morgan fingerprint density at radius 1 is 1.09 bits per heavy atom. The van der Waals surface area contributed by atoms with Gasteiger partial charge in [-0.3, -0.25) is 4.79 Å². The monoisotopic (exact) mass is 486 g/mol. The minimum atomic E-state index is -3.51. The van der Waals surface area contributed by atoms with Gasteiger partial charge in [0.15, 0.2) is 0 Å². The minimum Gasteiger partial charge on any atom is -0.459 e. The third kappa shape index (κ3) is 6.05.